The quantitative estimate of drug-likeness (QED) is 0.610. The van der Waals surface area contributed by atoms with Crippen molar-refractivity contribution in [1.29, 1.82) is 0 Å². The molecule has 4 N–H and O–H groups in total. The maximum Gasteiger partial charge on any atom is 0.266 e. The Balaban J connectivity index is 3.20. The molecule has 0 aliphatic heterocycles. The summed E-state index contributed by atoms with van der Waals surface area (Å²) in [6, 6.07) is 5.87. The van der Waals surface area contributed by atoms with Crippen molar-refractivity contribution in [3.05, 3.63) is 24.3 Å². The van der Waals surface area contributed by atoms with Crippen molar-refractivity contribution in [3.63, 3.8) is 0 Å². The summed E-state index contributed by atoms with van der Waals surface area (Å²) >= 11 is 4.69. The van der Waals surface area contributed by atoms with Crippen LogP contribution >= 0.6 is 12.2 Å². The van der Waals surface area contributed by atoms with Crippen LogP contribution in [0.4, 0.5) is 5.69 Å². The van der Waals surface area contributed by atoms with Crippen LogP contribution < -0.4 is 11.5 Å². The highest BCUT2D eigenvalue weighted by atomic mass is 32.2. The van der Waals surface area contributed by atoms with E-state index in [1.54, 1.807) is 6.92 Å². The van der Waals surface area contributed by atoms with Crippen molar-refractivity contribution in [2.75, 3.05) is 12.3 Å². The van der Waals surface area contributed by atoms with E-state index >= 15 is 0 Å². The molecule has 0 aromatic heterocycles. The van der Waals surface area contributed by atoms with Crippen LogP contribution in [0.3, 0.4) is 0 Å². The van der Waals surface area contributed by atoms with Crippen LogP contribution in [0.1, 0.15) is 6.92 Å². The molecule has 0 radical (unpaired) electrons. The highest BCUT2D eigenvalue weighted by Gasteiger charge is 2.23. The van der Waals surface area contributed by atoms with Crippen LogP contribution in [0.25, 0.3) is 0 Å². The SMILES string of the molecule is CCN(C(N)=S)S(=O)(=O)c1ccc(N)cc1. The lowest BCUT2D eigenvalue weighted by molar-refractivity contribution is 0.533. The molecule has 0 saturated carbocycles. The highest BCUT2D eigenvalue weighted by molar-refractivity contribution is 7.91. The van der Waals surface area contributed by atoms with Gasteiger partial charge in [0.05, 0.1) is 4.90 Å². The van der Waals surface area contributed by atoms with Crippen molar-refractivity contribution in [2.45, 2.75) is 11.8 Å². The monoisotopic (exact) mass is 259 g/mol. The molecule has 7 heteroatoms. The largest absolute Gasteiger partial charge is 0.399 e. The molecule has 0 spiro atoms. The Morgan fingerprint density at radius 2 is 1.88 bits per heavy atom. The Kier molecular flexibility index (Phi) is 3.71. The van der Waals surface area contributed by atoms with Crippen molar-refractivity contribution in [3.8, 4) is 0 Å². The summed E-state index contributed by atoms with van der Waals surface area (Å²) in [5, 5.41) is -0.167. The van der Waals surface area contributed by atoms with E-state index in [1.807, 2.05) is 0 Å². The Morgan fingerprint density at radius 3 is 2.25 bits per heavy atom. The second-order valence-corrected chi connectivity index (χ2v) is 5.36. The first-order chi connectivity index (χ1) is 7.39. The van der Waals surface area contributed by atoms with Gasteiger partial charge < -0.3 is 11.5 Å². The number of nitrogen functional groups attached to an aromatic ring is 1. The molecule has 0 fully saturated rings. The van der Waals surface area contributed by atoms with Gasteiger partial charge in [0.15, 0.2) is 5.11 Å². The average molecular weight is 259 g/mol. The Labute approximate surface area is 100 Å². The van der Waals surface area contributed by atoms with Gasteiger partial charge in [0.2, 0.25) is 0 Å². The molecule has 0 aliphatic carbocycles. The number of hydrogen-bond donors (Lipinski definition) is 2. The number of sulfonamides is 1. The molecule has 0 aliphatic rings. The molecule has 5 nitrogen and oxygen atoms in total. The van der Waals surface area contributed by atoms with E-state index in [0.29, 0.717) is 5.69 Å². The zero-order chi connectivity index (χ0) is 12.3. The van der Waals surface area contributed by atoms with Crippen molar-refractivity contribution in [1.82, 2.24) is 4.31 Å². The van der Waals surface area contributed by atoms with E-state index < -0.39 is 10.0 Å². The second kappa shape index (κ2) is 4.67. The van der Waals surface area contributed by atoms with Gasteiger partial charge in [-0.1, -0.05) is 0 Å². The van der Waals surface area contributed by atoms with E-state index in [4.69, 9.17) is 11.5 Å². The molecule has 16 heavy (non-hydrogen) atoms. The molecule has 0 amide bonds. The van der Waals surface area contributed by atoms with Gasteiger partial charge in [-0.2, -0.15) is 0 Å². The highest BCUT2D eigenvalue weighted by Crippen LogP contribution is 2.16. The van der Waals surface area contributed by atoms with E-state index in [9.17, 15) is 8.42 Å². The minimum atomic E-state index is -3.66. The van der Waals surface area contributed by atoms with Crippen LogP contribution in [0.5, 0.6) is 0 Å². The molecule has 0 bridgehead atoms. The van der Waals surface area contributed by atoms with Gasteiger partial charge in [-0.05, 0) is 43.4 Å². The predicted molar refractivity (Wildman–Crippen MR) is 67.2 cm³/mol. The van der Waals surface area contributed by atoms with Gasteiger partial charge in [0.1, 0.15) is 0 Å². The molecule has 1 rings (SSSR count). The first kappa shape index (κ1) is 12.7. The zero-order valence-electron chi connectivity index (χ0n) is 8.75. The minimum absolute atomic E-state index is 0.122. The topological polar surface area (TPSA) is 89.4 Å². The fourth-order valence-electron chi connectivity index (χ4n) is 1.21. The van der Waals surface area contributed by atoms with Gasteiger partial charge >= 0.3 is 0 Å². The lowest BCUT2D eigenvalue weighted by atomic mass is 10.3. The van der Waals surface area contributed by atoms with Gasteiger partial charge in [-0.15, -0.1) is 0 Å². The summed E-state index contributed by atoms with van der Waals surface area (Å²) in [7, 11) is -3.66. The van der Waals surface area contributed by atoms with E-state index in [-0.39, 0.29) is 16.6 Å². The van der Waals surface area contributed by atoms with Gasteiger partial charge in [-0.3, -0.25) is 0 Å². The standard InChI is InChI=1S/C9H13N3O2S2/c1-2-12(9(11)15)16(13,14)8-5-3-7(10)4-6-8/h3-6H,2,10H2,1H3,(H2,11,15). The molecule has 0 atom stereocenters. The van der Waals surface area contributed by atoms with Gasteiger partial charge in [0.25, 0.3) is 10.0 Å². The molecule has 0 unspecified atom stereocenters. The molecule has 88 valence electrons. The van der Waals surface area contributed by atoms with Crippen LogP contribution in [0.2, 0.25) is 0 Å². The van der Waals surface area contributed by atoms with E-state index in [0.717, 1.165) is 4.31 Å². The van der Waals surface area contributed by atoms with Crippen molar-refractivity contribution < 1.29 is 8.42 Å². The zero-order valence-corrected chi connectivity index (χ0v) is 10.4. The number of benzene rings is 1. The van der Waals surface area contributed by atoms with Crippen LogP contribution in [-0.4, -0.2) is 24.4 Å². The van der Waals surface area contributed by atoms with E-state index in [2.05, 4.69) is 12.2 Å². The summed E-state index contributed by atoms with van der Waals surface area (Å²) in [6.45, 7) is 1.86. The number of nitrogens with two attached hydrogens (primary N) is 2. The first-order valence-corrected chi connectivity index (χ1v) is 6.42. The normalized spacial score (nSPS) is 11.1. The van der Waals surface area contributed by atoms with E-state index in [1.165, 1.54) is 24.3 Å². The minimum Gasteiger partial charge on any atom is -0.399 e. The molecular formula is C9H13N3O2S2. The van der Waals surface area contributed by atoms with Gasteiger partial charge in [-0.25, -0.2) is 12.7 Å². The second-order valence-electron chi connectivity index (χ2n) is 3.08. The molecule has 0 heterocycles. The Hall–Kier alpha value is -1.34. The first-order valence-electron chi connectivity index (χ1n) is 4.57. The number of hydrogen-bond acceptors (Lipinski definition) is 4. The molecule has 1 aromatic rings. The smallest absolute Gasteiger partial charge is 0.266 e. The summed E-state index contributed by atoms with van der Waals surface area (Å²) in [5.74, 6) is 0. The summed E-state index contributed by atoms with van der Waals surface area (Å²) in [6.07, 6.45) is 0. The Bertz CT molecular complexity index is 482. The number of thiocarbonyl (C=S) groups is 1. The fourth-order valence-corrected chi connectivity index (χ4v) is 2.95. The molecular weight excluding hydrogens is 246 g/mol. The summed E-state index contributed by atoms with van der Waals surface area (Å²) in [5.41, 5.74) is 11.3. The fraction of sp³-hybridized carbons (Fsp3) is 0.222. The van der Waals surface area contributed by atoms with Crippen molar-refractivity contribution >= 4 is 33.0 Å². The Morgan fingerprint density at radius 1 is 1.38 bits per heavy atom. The summed E-state index contributed by atoms with van der Waals surface area (Å²) in [4.78, 5) is 0.122. The molecule has 0 saturated heterocycles. The number of rotatable bonds is 3. The van der Waals surface area contributed by atoms with Crippen LogP contribution in [0.15, 0.2) is 29.2 Å². The predicted octanol–water partition coefficient (Wildman–Crippen LogP) is 0.523. The average Bonchev–Trinajstić information content (AvgIpc) is 2.18. The third kappa shape index (κ3) is 2.42. The lowest BCUT2D eigenvalue weighted by Crippen LogP contribution is -2.40. The van der Waals surface area contributed by atoms with Gasteiger partial charge in [0, 0.05) is 12.2 Å². The summed E-state index contributed by atoms with van der Waals surface area (Å²) < 4.78 is 25.0. The van der Waals surface area contributed by atoms with Crippen LogP contribution in [0, 0.1) is 0 Å². The lowest BCUT2D eigenvalue weighted by Gasteiger charge is -2.20. The maximum atomic E-state index is 12.0. The molecule has 1 aromatic carbocycles. The van der Waals surface area contributed by atoms with Crippen molar-refractivity contribution in [2.24, 2.45) is 5.73 Å². The number of anilines is 1. The third-order valence-corrected chi connectivity index (χ3v) is 4.24. The maximum absolute atomic E-state index is 12.0. The van der Waals surface area contributed by atoms with Crippen LogP contribution in [-0.2, 0) is 10.0 Å². The number of nitrogens with zero attached hydrogens (tertiary/aromatic N) is 1. The third-order valence-electron chi connectivity index (χ3n) is 2.00.